The van der Waals surface area contributed by atoms with Crippen molar-refractivity contribution in [2.24, 2.45) is 4.99 Å². The molecule has 7 nitrogen and oxygen atoms in total. The van der Waals surface area contributed by atoms with Crippen molar-refractivity contribution in [3.05, 3.63) is 40.9 Å². The van der Waals surface area contributed by atoms with Gasteiger partial charge in [0.15, 0.2) is 5.96 Å². The number of nitrogens with zero attached hydrogens (tertiary/aromatic N) is 5. The van der Waals surface area contributed by atoms with Gasteiger partial charge in [0.1, 0.15) is 11.6 Å². The molecule has 1 unspecified atom stereocenters. The van der Waals surface area contributed by atoms with Gasteiger partial charge in [-0.15, -0.1) is 34.2 Å². The van der Waals surface area contributed by atoms with Gasteiger partial charge in [-0.25, -0.2) is 0 Å². The minimum absolute atomic E-state index is 0. The Bertz CT molecular complexity index is 869. The highest BCUT2D eigenvalue weighted by molar-refractivity contribution is 14.0. The third kappa shape index (κ3) is 6.47. The quantitative estimate of drug-likeness (QED) is 0.246. The maximum Gasteiger partial charge on any atom is 0.191 e. The largest absolute Gasteiger partial charge is 0.369 e. The van der Waals surface area contributed by atoms with Crippen LogP contribution in [-0.2, 0) is 19.4 Å². The zero-order valence-electron chi connectivity index (χ0n) is 18.2. The van der Waals surface area contributed by atoms with Crippen LogP contribution in [0.5, 0.6) is 0 Å². The molecule has 2 N–H and O–H groups in total. The summed E-state index contributed by atoms with van der Waals surface area (Å²) in [6, 6.07) is 8.45. The summed E-state index contributed by atoms with van der Waals surface area (Å²) in [6.07, 6.45) is 7.87. The van der Waals surface area contributed by atoms with Crippen molar-refractivity contribution in [3.8, 4) is 0 Å². The van der Waals surface area contributed by atoms with Crippen molar-refractivity contribution in [3.63, 3.8) is 0 Å². The number of hydrogen-bond acceptors (Lipinski definition) is 4. The summed E-state index contributed by atoms with van der Waals surface area (Å²) in [5.74, 6) is 3.16. The Kier molecular flexibility index (Phi) is 9.25. The second-order valence-electron chi connectivity index (χ2n) is 8.15. The highest BCUT2D eigenvalue weighted by Gasteiger charge is 2.23. The van der Waals surface area contributed by atoms with E-state index in [2.05, 4.69) is 41.4 Å². The van der Waals surface area contributed by atoms with Crippen LogP contribution in [0.1, 0.15) is 43.8 Å². The molecule has 1 fully saturated rings. The molecule has 2 aromatic rings. The third-order valence-electron chi connectivity index (χ3n) is 5.98. The first-order valence-corrected chi connectivity index (χ1v) is 11.5. The zero-order valence-corrected chi connectivity index (χ0v) is 21.3. The lowest BCUT2D eigenvalue weighted by atomic mass is 10.2. The first-order valence-electron chi connectivity index (χ1n) is 11.1. The van der Waals surface area contributed by atoms with Gasteiger partial charge in [0.05, 0.1) is 0 Å². The summed E-state index contributed by atoms with van der Waals surface area (Å²) in [6.45, 7) is 3.91. The van der Waals surface area contributed by atoms with Gasteiger partial charge in [-0.05, 0) is 43.9 Å². The van der Waals surface area contributed by atoms with Crippen molar-refractivity contribution in [2.45, 2.75) is 57.5 Å². The Morgan fingerprint density at radius 1 is 1.23 bits per heavy atom. The summed E-state index contributed by atoms with van der Waals surface area (Å²) >= 11 is 6.14. The molecule has 1 atom stereocenters. The highest BCUT2D eigenvalue weighted by Crippen LogP contribution is 2.23. The number of benzene rings is 1. The van der Waals surface area contributed by atoms with E-state index in [1.54, 1.807) is 0 Å². The number of anilines is 1. The van der Waals surface area contributed by atoms with Crippen LogP contribution in [-0.4, -0.2) is 53.4 Å². The molecule has 31 heavy (non-hydrogen) atoms. The summed E-state index contributed by atoms with van der Waals surface area (Å²) in [7, 11) is 1.83. The maximum absolute atomic E-state index is 6.14. The van der Waals surface area contributed by atoms with E-state index < -0.39 is 0 Å². The fraction of sp³-hybridized carbons (Fsp3) is 0.591. The van der Waals surface area contributed by atoms with E-state index in [1.807, 2.05) is 25.2 Å². The molecule has 9 heteroatoms. The Labute approximate surface area is 207 Å². The predicted octanol–water partition coefficient (Wildman–Crippen LogP) is 3.65. The van der Waals surface area contributed by atoms with Gasteiger partial charge >= 0.3 is 0 Å². The van der Waals surface area contributed by atoms with Gasteiger partial charge in [-0.1, -0.05) is 24.1 Å². The van der Waals surface area contributed by atoms with Crippen LogP contribution < -0.4 is 15.5 Å². The fourth-order valence-electron chi connectivity index (χ4n) is 4.36. The molecule has 3 heterocycles. The number of aliphatic imine (C=N–C) groups is 1. The van der Waals surface area contributed by atoms with Gasteiger partial charge in [-0.2, -0.15) is 0 Å². The van der Waals surface area contributed by atoms with Gasteiger partial charge in [-0.3, -0.25) is 4.99 Å². The third-order valence-corrected chi connectivity index (χ3v) is 6.22. The number of aryl methyl sites for hydroxylation is 2. The maximum atomic E-state index is 6.14. The number of guanidine groups is 1. The Balaban J connectivity index is 0.00000272. The van der Waals surface area contributed by atoms with E-state index in [4.69, 9.17) is 11.6 Å². The number of fused-ring (bicyclic) bond motifs is 1. The van der Waals surface area contributed by atoms with Crippen molar-refractivity contribution in [1.29, 1.82) is 0 Å². The van der Waals surface area contributed by atoms with E-state index in [0.717, 1.165) is 68.7 Å². The molecule has 1 aromatic carbocycles. The van der Waals surface area contributed by atoms with Gasteiger partial charge in [0, 0.05) is 62.8 Å². The summed E-state index contributed by atoms with van der Waals surface area (Å²) in [5.41, 5.74) is 1.18. The lowest BCUT2D eigenvalue weighted by molar-refractivity contribution is 0.591. The highest BCUT2D eigenvalue weighted by atomic mass is 127. The standard InChI is InChI=1S/C22H32ClN7.HI/c1-24-22(26-18-11-14-29(16-18)19-8-5-7-17(23)15-19)25-12-6-10-21-28-27-20-9-3-2-4-13-30(20)21;/h5,7-8,15,18H,2-4,6,9-14,16H2,1H3,(H2,24,25,26);1H. The first kappa shape index (κ1) is 24.1. The van der Waals surface area contributed by atoms with E-state index >= 15 is 0 Å². The molecule has 2 aliphatic heterocycles. The van der Waals surface area contributed by atoms with E-state index in [-0.39, 0.29) is 24.0 Å². The van der Waals surface area contributed by atoms with Crippen LogP contribution in [0, 0.1) is 0 Å². The van der Waals surface area contributed by atoms with E-state index in [0.29, 0.717) is 6.04 Å². The second kappa shape index (κ2) is 11.9. The molecule has 4 rings (SSSR count). The van der Waals surface area contributed by atoms with Gasteiger partial charge in [0.25, 0.3) is 0 Å². The van der Waals surface area contributed by atoms with Crippen LogP contribution in [0.2, 0.25) is 5.02 Å². The Morgan fingerprint density at radius 3 is 2.97 bits per heavy atom. The van der Waals surface area contributed by atoms with Crippen molar-refractivity contribution in [1.82, 2.24) is 25.4 Å². The Hall–Kier alpha value is -1.55. The number of rotatable bonds is 6. The molecule has 170 valence electrons. The van der Waals surface area contributed by atoms with Crippen LogP contribution in [0.3, 0.4) is 0 Å². The normalized spacial score (nSPS) is 18.8. The topological polar surface area (TPSA) is 70.4 Å². The first-order chi connectivity index (χ1) is 14.7. The minimum atomic E-state index is 0. The summed E-state index contributed by atoms with van der Waals surface area (Å²) in [4.78, 5) is 6.77. The summed E-state index contributed by atoms with van der Waals surface area (Å²) < 4.78 is 2.34. The van der Waals surface area contributed by atoms with Crippen LogP contribution in [0.4, 0.5) is 5.69 Å². The smallest absolute Gasteiger partial charge is 0.191 e. The van der Waals surface area contributed by atoms with Crippen molar-refractivity contribution < 1.29 is 0 Å². The van der Waals surface area contributed by atoms with Crippen LogP contribution >= 0.6 is 35.6 Å². The van der Waals surface area contributed by atoms with Crippen molar-refractivity contribution >= 4 is 47.2 Å². The minimum Gasteiger partial charge on any atom is -0.369 e. The lowest BCUT2D eigenvalue weighted by Crippen LogP contribution is -2.45. The van der Waals surface area contributed by atoms with E-state index in [9.17, 15) is 0 Å². The molecule has 0 saturated carbocycles. The van der Waals surface area contributed by atoms with E-state index in [1.165, 1.54) is 30.8 Å². The zero-order chi connectivity index (χ0) is 20.8. The van der Waals surface area contributed by atoms with Gasteiger partial charge < -0.3 is 20.1 Å². The van der Waals surface area contributed by atoms with Crippen molar-refractivity contribution in [2.75, 3.05) is 31.6 Å². The number of hydrogen-bond donors (Lipinski definition) is 2. The fourth-order valence-corrected chi connectivity index (χ4v) is 4.54. The number of aromatic nitrogens is 3. The molecule has 0 bridgehead atoms. The molecular weight excluding hydrogens is 525 g/mol. The average molecular weight is 558 g/mol. The monoisotopic (exact) mass is 557 g/mol. The predicted molar refractivity (Wildman–Crippen MR) is 138 cm³/mol. The molecule has 0 radical (unpaired) electrons. The SMILES string of the molecule is CN=C(NCCCc1nnc2n1CCCCC2)NC1CCN(c2cccc(Cl)c2)C1.I. The summed E-state index contributed by atoms with van der Waals surface area (Å²) in [5, 5.41) is 16.6. The van der Waals surface area contributed by atoms with Crippen LogP contribution in [0.25, 0.3) is 0 Å². The molecular formula is C22H33ClIN7. The molecule has 0 aliphatic carbocycles. The van der Waals surface area contributed by atoms with Crippen LogP contribution in [0.15, 0.2) is 29.3 Å². The number of nitrogens with one attached hydrogen (secondary N) is 2. The van der Waals surface area contributed by atoms with Gasteiger partial charge in [0.2, 0.25) is 0 Å². The molecule has 1 saturated heterocycles. The molecule has 0 amide bonds. The molecule has 0 spiro atoms. The lowest BCUT2D eigenvalue weighted by Gasteiger charge is -2.20. The Morgan fingerprint density at radius 2 is 2.13 bits per heavy atom. The second-order valence-corrected chi connectivity index (χ2v) is 8.59. The molecule has 1 aromatic heterocycles. The average Bonchev–Trinajstić information content (AvgIpc) is 3.30. The number of halogens is 2. The molecule has 2 aliphatic rings.